The second-order valence-corrected chi connectivity index (χ2v) is 11.3. The Bertz CT molecular complexity index is 1410. The van der Waals surface area contributed by atoms with Gasteiger partial charge in [0.25, 0.3) is 11.4 Å². The zero-order chi connectivity index (χ0) is 29.0. The number of benzene rings is 2. The van der Waals surface area contributed by atoms with Crippen molar-refractivity contribution in [3.05, 3.63) is 92.2 Å². The molecule has 0 aliphatic carbocycles. The molecule has 0 spiro atoms. The lowest BCUT2D eigenvalue weighted by molar-refractivity contribution is -0.385. The second-order valence-electron chi connectivity index (χ2n) is 10.6. The molecule has 0 radical (unpaired) electrons. The number of carbonyl (C=O) groups excluding carboxylic acids is 1. The van der Waals surface area contributed by atoms with E-state index in [1.165, 1.54) is 35.8 Å². The molecule has 1 aliphatic heterocycles. The first-order chi connectivity index (χ1) is 19.0. The topological polar surface area (TPSA) is 126 Å². The van der Waals surface area contributed by atoms with E-state index in [0.717, 1.165) is 24.1 Å². The van der Waals surface area contributed by atoms with Crippen LogP contribution in [0.3, 0.4) is 0 Å². The maximum atomic E-state index is 13.9. The molecular weight excluding hydrogens is 532 g/mol. The average molecular weight is 565 g/mol. The maximum Gasteiger partial charge on any atom is 0.327 e. The molecule has 40 heavy (non-hydrogen) atoms. The molecule has 1 aromatic heterocycles. The van der Waals surface area contributed by atoms with Gasteiger partial charge in [0.2, 0.25) is 0 Å². The molecule has 2 aromatic carbocycles. The number of nitro benzene ring substituents is 2. The molecule has 1 aliphatic rings. The molecule has 210 valence electrons. The number of rotatable bonds is 9. The smallest absolute Gasteiger partial charge is 0.306 e. The summed E-state index contributed by atoms with van der Waals surface area (Å²) in [5.74, 6) is 0. The van der Waals surface area contributed by atoms with Crippen molar-refractivity contribution in [1.29, 1.82) is 0 Å². The molecule has 0 atom stereocenters. The molecule has 0 unspecified atom stereocenters. The Balaban J connectivity index is 1.78. The van der Waals surface area contributed by atoms with Gasteiger partial charge in [0, 0.05) is 48.3 Å². The number of anilines is 1. The van der Waals surface area contributed by atoms with Crippen molar-refractivity contribution in [2.24, 2.45) is 0 Å². The van der Waals surface area contributed by atoms with E-state index in [0.29, 0.717) is 36.0 Å². The minimum atomic E-state index is -0.452. The van der Waals surface area contributed by atoms with Crippen LogP contribution in [-0.2, 0) is 6.42 Å². The predicted octanol–water partition coefficient (Wildman–Crippen LogP) is 6.44. The maximum absolute atomic E-state index is 13.9. The van der Waals surface area contributed by atoms with Crippen molar-refractivity contribution in [2.45, 2.75) is 46.1 Å². The molecule has 4 rings (SSSR count). The molecular formula is C28H32N6O5S. The highest BCUT2D eigenvalue weighted by Crippen LogP contribution is 2.41. The fourth-order valence-electron chi connectivity index (χ4n) is 4.51. The SMILES string of the molecule is CC=CCCN1CN(c2snc(Cc3ccc([N+](=O)[O-])cc3)c2-c2ccc([N+](=O)[O-])cc2)C(=O)N(C(C)(C)C)C1. The minimum absolute atomic E-state index is 0.00231. The first-order valence-electron chi connectivity index (χ1n) is 12.9. The van der Waals surface area contributed by atoms with Gasteiger partial charge >= 0.3 is 6.03 Å². The summed E-state index contributed by atoms with van der Waals surface area (Å²) >= 11 is 1.21. The third-order valence-corrected chi connectivity index (χ3v) is 7.59. The van der Waals surface area contributed by atoms with Crippen LogP contribution in [0.2, 0.25) is 0 Å². The minimum Gasteiger partial charge on any atom is -0.306 e. The summed E-state index contributed by atoms with van der Waals surface area (Å²) in [6.45, 7) is 9.63. The normalized spacial score (nSPS) is 14.8. The Morgan fingerprint density at radius 3 is 2.12 bits per heavy atom. The summed E-state index contributed by atoms with van der Waals surface area (Å²) in [6, 6.07) is 12.4. The summed E-state index contributed by atoms with van der Waals surface area (Å²) in [5.41, 5.74) is 2.46. The lowest BCUT2D eigenvalue weighted by Crippen LogP contribution is -2.63. The van der Waals surface area contributed by atoms with E-state index in [1.807, 2.05) is 38.7 Å². The summed E-state index contributed by atoms with van der Waals surface area (Å²) in [7, 11) is 0. The number of nitrogens with zero attached hydrogens (tertiary/aromatic N) is 6. The van der Waals surface area contributed by atoms with Crippen LogP contribution >= 0.6 is 11.5 Å². The van der Waals surface area contributed by atoms with Gasteiger partial charge in [-0.15, -0.1) is 0 Å². The summed E-state index contributed by atoms with van der Waals surface area (Å²) in [4.78, 5) is 41.2. The number of hydrogen-bond acceptors (Lipinski definition) is 8. The number of amides is 2. The van der Waals surface area contributed by atoms with Crippen molar-refractivity contribution in [2.75, 3.05) is 24.8 Å². The zero-order valence-electron chi connectivity index (χ0n) is 22.9. The highest BCUT2D eigenvalue weighted by molar-refractivity contribution is 7.11. The van der Waals surface area contributed by atoms with Gasteiger partial charge in [0.1, 0.15) is 5.00 Å². The Kier molecular flexibility index (Phi) is 8.60. The largest absolute Gasteiger partial charge is 0.327 e. The number of carbonyl (C=O) groups is 1. The van der Waals surface area contributed by atoms with Crippen molar-refractivity contribution in [1.82, 2.24) is 14.2 Å². The van der Waals surface area contributed by atoms with Crippen LogP contribution in [0.25, 0.3) is 11.1 Å². The fourth-order valence-corrected chi connectivity index (χ4v) is 5.43. The van der Waals surface area contributed by atoms with E-state index in [9.17, 15) is 25.0 Å². The molecule has 12 heteroatoms. The van der Waals surface area contributed by atoms with Gasteiger partial charge in [-0.1, -0.05) is 24.3 Å². The van der Waals surface area contributed by atoms with Crippen LogP contribution in [0.15, 0.2) is 60.7 Å². The van der Waals surface area contributed by atoms with Crippen molar-refractivity contribution < 1.29 is 14.6 Å². The first kappa shape index (κ1) is 28.8. The third kappa shape index (κ3) is 6.35. The van der Waals surface area contributed by atoms with Gasteiger partial charge in [0.15, 0.2) is 0 Å². The number of aromatic nitrogens is 1. The molecule has 0 N–H and O–H groups in total. The predicted molar refractivity (Wildman–Crippen MR) is 155 cm³/mol. The molecule has 1 fully saturated rings. The van der Waals surface area contributed by atoms with Gasteiger partial charge in [-0.3, -0.25) is 30.0 Å². The van der Waals surface area contributed by atoms with Crippen LogP contribution in [-0.4, -0.2) is 55.5 Å². The van der Waals surface area contributed by atoms with Crippen LogP contribution in [0.4, 0.5) is 21.2 Å². The van der Waals surface area contributed by atoms with Gasteiger partial charge < -0.3 is 4.90 Å². The van der Waals surface area contributed by atoms with Crippen LogP contribution in [0.5, 0.6) is 0 Å². The van der Waals surface area contributed by atoms with Gasteiger partial charge in [-0.2, -0.15) is 4.37 Å². The first-order valence-corrected chi connectivity index (χ1v) is 13.7. The van der Waals surface area contributed by atoms with Crippen molar-refractivity contribution >= 4 is 33.9 Å². The number of urea groups is 1. The lowest BCUT2D eigenvalue weighted by atomic mass is 10.00. The Morgan fingerprint density at radius 2 is 1.57 bits per heavy atom. The molecule has 2 heterocycles. The molecule has 3 aromatic rings. The standard InChI is InChI=1S/C28H32N6O5S/c1-5-6-7-16-30-18-31(27(35)32(19-30)28(2,3)4)26-25(21-10-14-23(15-11-21)34(38)39)24(29-40-26)17-20-8-12-22(13-9-20)33(36)37/h5-6,8-15H,7,16-19H2,1-4H3. The lowest BCUT2D eigenvalue weighted by Gasteiger charge is -2.47. The Labute approximate surface area is 236 Å². The number of hydrogen-bond donors (Lipinski definition) is 0. The van der Waals surface area contributed by atoms with Gasteiger partial charge in [-0.05, 0) is 68.9 Å². The summed E-state index contributed by atoms with van der Waals surface area (Å²) < 4.78 is 4.73. The van der Waals surface area contributed by atoms with E-state index in [-0.39, 0.29) is 17.4 Å². The monoisotopic (exact) mass is 564 g/mol. The number of nitro groups is 2. The Morgan fingerprint density at radius 1 is 0.975 bits per heavy atom. The zero-order valence-corrected chi connectivity index (χ0v) is 23.8. The molecule has 0 saturated carbocycles. The fraction of sp³-hybridized carbons (Fsp3) is 0.357. The van der Waals surface area contributed by atoms with E-state index in [4.69, 9.17) is 4.37 Å². The van der Waals surface area contributed by atoms with Crippen molar-refractivity contribution in [3.8, 4) is 11.1 Å². The summed E-state index contributed by atoms with van der Waals surface area (Å²) in [5, 5.41) is 23.0. The van der Waals surface area contributed by atoms with E-state index >= 15 is 0 Å². The van der Waals surface area contributed by atoms with E-state index < -0.39 is 15.4 Å². The number of allylic oxidation sites excluding steroid dienone is 1. The van der Waals surface area contributed by atoms with Crippen LogP contribution in [0, 0.1) is 20.2 Å². The highest BCUT2D eigenvalue weighted by Gasteiger charge is 2.39. The summed E-state index contributed by atoms with van der Waals surface area (Å²) in [6.07, 6.45) is 5.32. The average Bonchev–Trinajstić information content (AvgIpc) is 3.32. The molecule has 2 amide bonds. The van der Waals surface area contributed by atoms with Gasteiger partial charge in [-0.25, -0.2) is 4.79 Å². The van der Waals surface area contributed by atoms with Crippen LogP contribution in [0.1, 0.15) is 45.4 Å². The third-order valence-electron chi connectivity index (χ3n) is 6.68. The second kappa shape index (κ2) is 11.9. The van der Waals surface area contributed by atoms with E-state index in [2.05, 4.69) is 11.0 Å². The van der Waals surface area contributed by atoms with Crippen molar-refractivity contribution in [3.63, 3.8) is 0 Å². The quantitative estimate of drug-likeness (QED) is 0.166. The van der Waals surface area contributed by atoms with E-state index in [1.54, 1.807) is 29.2 Å². The molecule has 11 nitrogen and oxygen atoms in total. The number of non-ortho nitro benzene ring substituents is 2. The molecule has 0 bridgehead atoms. The Hall–Kier alpha value is -4.16. The molecule has 1 saturated heterocycles. The van der Waals surface area contributed by atoms with Crippen LogP contribution < -0.4 is 4.90 Å². The van der Waals surface area contributed by atoms with Gasteiger partial charge in [0.05, 0.1) is 28.9 Å². The highest BCUT2D eigenvalue weighted by atomic mass is 32.1.